The van der Waals surface area contributed by atoms with Gasteiger partial charge in [0.05, 0.1) is 44.2 Å². The molecule has 67 heavy (non-hydrogen) atoms. The average Bonchev–Trinajstić information content (AvgIpc) is 3.85. The van der Waals surface area contributed by atoms with E-state index in [0.717, 1.165) is 44.1 Å². The highest BCUT2D eigenvalue weighted by Gasteiger charge is 2.81. The van der Waals surface area contributed by atoms with Crippen LogP contribution < -0.4 is 0 Å². The maximum Gasteiger partial charge on any atom is 0.397 e. The highest BCUT2D eigenvalue weighted by atomic mass is 32.3. The minimum atomic E-state index is -5.18. The molecule has 21 heteroatoms. The standard InChI is InChI=1S/C46H74O20S/c1-21(2)14-22-15-44(7,54)37-23-8-9-28-42(5)12-11-29(41(3,4)27(42)10-13-43(28,6)45(23)19-46(37,65-22)59-20-45)62-40-36(64-38-32(52)30(50)25(16-47)60-38)34(24(49)18-58-40)63-39-33(53)31(51)35(26(17-48)61-39)66-67(55,56)57/h14,22-40,47-54H,8-13,15-20H2,1-7H3,(H,55,56,57). The Hall–Kier alpha value is -1.03. The van der Waals surface area contributed by atoms with Crippen molar-refractivity contribution in [3.63, 3.8) is 0 Å². The number of rotatable bonds is 11. The molecule has 24 unspecified atom stereocenters. The molecule has 4 aliphatic carbocycles. The Morgan fingerprint density at radius 2 is 1.42 bits per heavy atom. The van der Waals surface area contributed by atoms with Gasteiger partial charge in [0, 0.05) is 24.2 Å². The first-order valence-electron chi connectivity index (χ1n) is 24.1. The van der Waals surface area contributed by atoms with Crippen LogP contribution in [0.4, 0.5) is 0 Å². The zero-order valence-electron chi connectivity index (χ0n) is 39.5. The molecule has 9 rings (SSSR count). The van der Waals surface area contributed by atoms with E-state index in [9.17, 15) is 53.8 Å². The summed E-state index contributed by atoms with van der Waals surface area (Å²) in [6, 6.07) is 0. The topological polar surface area (TPSA) is 299 Å². The summed E-state index contributed by atoms with van der Waals surface area (Å²) in [5, 5.41) is 87.2. The molecule has 5 aliphatic heterocycles. The van der Waals surface area contributed by atoms with Crippen LogP contribution in [0.2, 0.25) is 0 Å². The van der Waals surface area contributed by atoms with Gasteiger partial charge in [-0.15, -0.1) is 0 Å². The molecular weight excluding hydrogens is 905 g/mol. The maximum atomic E-state index is 12.2. The van der Waals surface area contributed by atoms with Gasteiger partial charge in [-0.25, -0.2) is 4.18 Å². The Bertz CT molecular complexity index is 1960. The van der Waals surface area contributed by atoms with Crippen molar-refractivity contribution in [2.24, 2.45) is 45.3 Å². The first-order chi connectivity index (χ1) is 31.3. The third-order valence-electron chi connectivity index (χ3n) is 18.6. The number of hydrogen-bond acceptors (Lipinski definition) is 19. The minimum Gasteiger partial charge on any atom is -0.394 e. The third kappa shape index (κ3) is 8.13. The number of allylic oxidation sites excluding steroid dienone is 1. The van der Waals surface area contributed by atoms with Gasteiger partial charge in [-0.2, -0.15) is 8.42 Å². The van der Waals surface area contributed by atoms with Crippen molar-refractivity contribution in [2.75, 3.05) is 26.4 Å². The van der Waals surface area contributed by atoms with Gasteiger partial charge in [-0.3, -0.25) is 4.55 Å². The van der Waals surface area contributed by atoms with Crippen molar-refractivity contribution in [1.29, 1.82) is 0 Å². The molecule has 9 aliphatic rings. The zero-order valence-corrected chi connectivity index (χ0v) is 40.3. The number of aliphatic hydroxyl groups excluding tert-OH is 7. The normalized spacial score (nSPS) is 54.7. The quantitative estimate of drug-likeness (QED) is 0.0771. The first kappa shape index (κ1) is 50.9. The number of aliphatic hydroxyl groups is 8. The van der Waals surface area contributed by atoms with Crippen LogP contribution in [0.15, 0.2) is 11.6 Å². The van der Waals surface area contributed by atoms with E-state index in [1.54, 1.807) is 0 Å². The number of hydrogen-bond donors (Lipinski definition) is 9. The zero-order chi connectivity index (χ0) is 48.6. The van der Waals surface area contributed by atoms with E-state index in [1.165, 1.54) is 0 Å². The Balaban J connectivity index is 0.966. The van der Waals surface area contributed by atoms with Crippen LogP contribution >= 0.6 is 0 Å². The van der Waals surface area contributed by atoms with Crippen LogP contribution in [0.1, 0.15) is 99.8 Å². The van der Waals surface area contributed by atoms with Gasteiger partial charge in [0.1, 0.15) is 61.0 Å². The summed E-state index contributed by atoms with van der Waals surface area (Å²) < 4.78 is 87.5. The predicted molar refractivity (Wildman–Crippen MR) is 229 cm³/mol. The fourth-order valence-corrected chi connectivity index (χ4v) is 16.4. The molecule has 2 bridgehead atoms. The summed E-state index contributed by atoms with van der Waals surface area (Å²) in [5.41, 5.74) is -0.685. The lowest BCUT2D eigenvalue weighted by molar-refractivity contribution is -0.374. The summed E-state index contributed by atoms with van der Waals surface area (Å²) >= 11 is 0. The van der Waals surface area contributed by atoms with Crippen molar-refractivity contribution in [2.45, 2.75) is 203 Å². The van der Waals surface area contributed by atoms with Crippen LogP contribution in [0, 0.1) is 45.3 Å². The van der Waals surface area contributed by atoms with Crippen molar-refractivity contribution >= 4 is 10.4 Å². The fourth-order valence-electron chi connectivity index (χ4n) is 15.9. The van der Waals surface area contributed by atoms with Crippen LogP contribution in [0.5, 0.6) is 0 Å². The van der Waals surface area contributed by atoms with Gasteiger partial charge >= 0.3 is 10.4 Å². The maximum absolute atomic E-state index is 12.2. The average molecular weight is 979 g/mol. The lowest BCUT2D eigenvalue weighted by Crippen LogP contribution is -2.67. The molecule has 0 aromatic heterocycles. The van der Waals surface area contributed by atoms with Crippen molar-refractivity contribution < 1.29 is 95.9 Å². The summed E-state index contributed by atoms with van der Waals surface area (Å²) in [6.45, 7) is 14.0. The van der Waals surface area contributed by atoms with E-state index in [1.807, 2.05) is 20.8 Å². The molecule has 20 nitrogen and oxygen atoms in total. The molecule has 4 saturated carbocycles. The van der Waals surface area contributed by atoms with Crippen LogP contribution in [0.25, 0.3) is 0 Å². The molecule has 5 heterocycles. The third-order valence-corrected chi connectivity index (χ3v) is 19.1. The number of fused-ring (bicyclic) bond motifs is 4. The molecule has 5 saturated heterocycles. The van der Waals surface area contributed by atoms with Gasteiger partial charge in [-0.05, 0) is 93.3 Å². The second-order valence-electron chi connectivity index (χ2n) is 23.0. The van der Waals surface area contributed by atoms with Gasteiger partial charge in [-0.1, -0.05) is 39.3 Å². The van der Waals surface area contributed by atoms with Gasteiger partial charge in [0.25, 0.3) is 0 Å². The van der Waals surface area contributed by atoms with E-state index >= 15 is 0 Å². The van der Waals surface area contributed by atoms with E-state index < -0.39 is 126 Å². The molecule has 0 aromatic carbocycles. The SMILES string of the molecule is CC(C)=CC1CC(C)(O)C2C3CCC4C5(C)CCC(OC6OCC(O)C(OC7OC(CO)C(OS(=O)(=O)O)C(O)C7O)C6OC6OC(CO)C(O)C6O)C(C)(C)C5CCC4(C)C34COC2(C4)O1. The van der Waals surface area contributed by atoms with Gasteiger partial charge in [0.15, 0.2) is 24.7 Å². The molecule has 384 valence electrons. The second-order valence-corrected chi connectivity index (χ2v) is 24.0. The molecule has 2 spiro atoms. The van der Waals surface area contributed by atoms with E-state index in [0.29, 0.717) is 25.4 Å². The monoisotopic (exact) mass is 978 g/mol. The molecular formula is C46H74O20S. The second kappa shape index (κ2) is 17.6. The fraction of sp³-hybridized carbons (Fsp3) is 0.957. The van der Waals surface area contributed by atoms with Gasteiger partial charge < -0.3 is 78.7 Å². The highest BCUT2D eigenvalue weighted by Crippen LogP contribution is 2.80. The van der Waals surface area contributed by atoms with Crippen LogP contribution in [-0.2, 0) is 52.5 Å². The Kier molecular flexibility index (Phi) is 13.4. The summed E-state index contributed by atoms with van der Waals surface area (Å²) in [6.07, 6.45) is -13.6. The first-order valence-corrected chi connectivity index (χ1v) is 25.5. The predicted octanol–water partition coefficient (Wildman–Crippen LogP) is 0.433. The van der Waals surface area contributed by atoms with Crippen LogP contribution in [0.3, 0.4) is 0 Å². The summed E-state index contributed by atoms with van der Waals surface area (Å²) in [4.78, 5) is 0. The lowest BCUT2D eigenvalue weighted by Gasteiger charge is -2.70. The molecule has 24 atom stereocenters. The lowest BCUT2D eigenvalue weighted by atomic mass is 9.35. The smallest absolute Gasteiger partial charge is 0.394 e. The number of ether oxygens (including phenoxy) is 8. The molecule has 0 amide bonds. The Morgan fingerprint density at radius 3 is 2.06 bits per heavy atom. The van der Waals surface area contributed by atoms with E-state index in [4.69, 9.17) is 37.9 Å². The molecule has 0 radical (unpaired) electrons. The molecule has 0 aromatic rings. The van der Waals surface area contributed by atoms with Gasteiger partial charge in [0.2, 0.25) is 0 Å². The largest absolute Gasteiger partial charge is 0.397 e. The Labute approximate surface area is 392 Å². The van der Waals surface area contributed by atoms with Crippen molar-refractivity contribution in [3.8, 4) is 0 Å². The van der Waals surface area contributed by atoms with Crippen molar-refractivity contribution in [1.82, 2.24) is 0 Å². The minimum absolute atomic E-state index is 0.102. The summed E-state index contributed by atoms with van der Waals surface area (Å²) in [7, 11) is -5.18. The van der Waals surface area contributed by atoms with E-state index in [2.05, 4.69) is 38.0 Å². The van der Waals surface area contributed by atoms with Crippen molar-refractivity contribution in [3.05, 3.63) is 11.6 Å². The summed E-state index contributed by atoms with van der Waals surface area (Å²) in [5.74, 6) is -0.209. The molecule has 9 N–H and O–H groups in total. The molecule has 9 fully saturated rings. The van der Waals surface area contributed by atoms with E-state index in [-0.39, 0.29) is 46.7 Å². The van der Waals surface area contributed by atoms with Crippen LogP contribution in [-0.4, -0.2) is 184 Å². The highest BCUT2D eigenvalue weighted by molar-refractivity contribution is 7.80. The Morgan fingerprint density at radius 1 is 0.761 bits per heavy atom.